The lowest BCUT2D eigenvalue weighted by atomic mass is 9.92. The lowest BCUT2D eigenvalue weighted by Gasteiger charge is -2.18. The maximum absolute atomic E-state index is 12.7. The summed E-state index contributed by atoms with van der Waals surface area (Å²) in [5.74, 6) is -0.554. The second-order valence-electron chi connectivity index (χ2n) is 6.07. The number of halogens is 1. The first-order chi connectivity index (χ1) is 9.99. The Hall–Kier alpha value is -1.11. The van der Waals surface area contributed by atoms with Crippen molar-refractivity contribution in [1.82, 2.24) is 4.90 Å². The molecule has 0 radical (unpaired) electrons. The number of rotatable bonds is 3. The first-order valence-electron chi connectivity index (χ1n) is 7.26. The largest absolute Gasteiger partial charge is 0.481 e. The number of likely N-dealkylation sites (tertiary alicyclic amines) is 1. The van der Waals surface area contributed by atoms with E-state index in [9.17, 15) is 14.7 Å². The van der Waals surface area contributed by atoms with Crippen LogP contribution in [-0.4, -0.2) is 35.0 Å². The SMILES string of the molecule is Cc1c(I)cccc1C(=O)N1C[C@H](C(=O)O)[C@@H](C2CC2)C1. The molecule has 1 aromatic carbocycles. The average molecular weight is 399 g/mol. The van der Waals surface area contributed by atoms with Crippen LogP contribution in [0.4, 0.5) is 0 Å². The highest BCUT2D eigenvalue weighted by molar-refractivity contribution is 14.1. The number of benzene rings is 1. The Morgan fingerprint density at radius 3 is 2.62 bits per heavy atom. The standard InChI is InChI=1S/C16H18INO3/c1-9-11(3-2-4-14(9)17)15(19)18-7-12(10-5-6-10)13(8-18)16(20)21/h2-4,10,12-13H,5-8H2,1H3,(H,20,21)/t12-,13+/m1/s1. The van der Waals surface area contributed by atoms with E-state index < -0.39 is 11.9 Å². The molecule has 3 rings (SSSR count). The van der Waals surface area contributed by atoms with Crippen molar-refractivity contribution < 1.29 is 14.7 Å². The van der Waals surface area contributed by atoms with Crippen molar-refractivity contribution in [3.63, 3.8) is 0 Å². The summed E-state index contributed by atoms with van der Waals surface area (Å²) in [5, 5.41) is 9.39. The molecule has 1 heterocycles. The molecular weight excluding hydrogens is 381 g/mol. The van der Waals surface area contributed by atoms with E-state index in [2.05, 4.69) is 22.6 Å². The molecule has 1 amide bonds. The van der Waals surface area contributed by atoms with Crippen LogP contribution in [0.1, 0.15) is 28.8 Å². The van der Waals surface area contributed by atoms with E-state index in [-0.39, 0.29) is 11.8 Å². The Balaban J connectivity index is 1.82. The Kier molecular flexibility index (Phi) is 3.94. The number of carbonyl (C=O) groups excluding carboxylic acids is 1. The number of carboxylic acid groups (broad SMARTS) is 1. The highest BCUT2D eigenvalue weighted by Gasteiger charge is 2.47. The van der Waals surface area contributed by atoms with Crippen LogP contribution >= 0.6 is 22.6 Å². The fourth-order valence-corrected chi connectivity index (χ4v) is 3.77. The van der Waals surface area contributed by atoms with Crippen molar-refractivity contribution in [3.05, 3.63) is 32.9 Å². The summed E-state index contributed by atoms with van der Waals surface area (Å²) in [6, 6.07) is 5.69. The average Bonchev–Trinajstić information content (AvgIpc) is 3.19. The van der Waals surface area contributed by atoms with Gasteiger partial charge in [0, 0.05) is 22.2 Å². The highest BCUT2D eigenvalue weighted by atomic mass is 127. The molecule has 21 heavy (non-hydrogen) atoms. The number of carbonyl (C=O) groups is 2. The molecule has 1 aliphatic carbocycles. The zero-order chi connectivity index (χ0) is 15.1. The monoisotopic (exact) mass is 399 g/mol. The molecule has 1 N–H and O–H groups in total. The minimum absolute atomic E-state index is 0.0274. The van der Waals surface area contributed by atoms with Crippen molar-refractivity contribution in [2.24, 2.45) is 17.8 Å². The van der Waals surface area contributed by atoms with Crippen molar-refractivity contribution in [1.29, 1.82) is 0 Å². The molecule has 1 aromatic rings. The molecule has 112 valence electrons. The number of aliphatic carboxylic acids is 1. The number of hydrogen-bond donors (Lipinski definition) is 1. The van der Waals surface area contributed by atoms with E-state index in [1.54, 1.807) is 4.90 Å². The summed E-state index contributed by atoms with van der Waals surface area (Å²) in [6.07, 6.45) is 2.22. The molecule has 1 aliphatic heterocycles. The number of nitrogens with zero attached hydrogens (tertiary/aromatic N) is 1. The van der Waals surface area contributed by atoms with E-state index in [0.717, 1.165) is 22.0 Å². The minimum Gasteiger partial charge on any atom is -0.481 e. The van der Waals surface area contributed by atoms with Crippen LogP contribution in [0.5, 0.6) is 0 Å². The molecule has 1 saturated carbocycles. The molecule has 1 saturated heterocycles. The quantitative estimate of drug-likeness (QED) is 0.796. The van der Waals surface area contributed by atoms with Gasteiger partial charge < -0.3 is 10.0 Å². The summed E-state index contributed by atoms with van der Waals surface area (Å²) in [4.78, 5) is 25.9. The summed E-state index contributed by atoms with van der Waals surface area (Å²) in [6.45, 7) is 2.88. The van der Waals surface area contributed by atoms with Crippen LogP contribution in [0, 0.1) is 28.2 Å². The predicted octanol–water partition coefficient (Wildman–Crippen LogP) is 2.78. The molecule has 0 unspecified atom stereocenters. The van der Waals surface area contributed by atoms with Gasteiger partial charge in [-0.3, -0.25) is 9.59 Å². The van der Waals surface area contributed by atoms with Crippen LogP contribution in [0.3, 0.4) is 0 Å². The zero-order valence-electron chi connectivity index (χ0n) is 11.9. The van der Waals surface area contributed by atoms with Crippen molar-refractivity contribution >= 4 is 34.5 Å². The Labute approximate surface area is 137 Å². The van der Waals surface area contributed by atoms with E-state index >= 15 is 0 Å². The third-order valence-electron chi connectivity index (χ3n) is 4.70. The van der Waals surface area contributed by atoms with Gasteiger partial charge in [0.2, 0.25) is 0 Å². The third-order valence-corrected chi connectivity index (χ3v) is 5.86. The summed E-state index contributed by atoms with van der Waals surface area (Å²) < 4.78 is 1.06. The zero-order valence-corrected chi connectivity index (χ0v) is 14.0. The van der Waals surface area contributed by atoms with Gasteiger partial charge in [0.05, 0.1) is 5.92 Å². The van der Waals surface area contributed by atoms with Gasteiger partial charge in [0.15, 0.2) is 0 Å². The van der Waals surface area contributed by atoms with Gasteiger partial charge in [0.1, 0.15) is 0 Å². The van der Waals surface area contributed by atoms with E-state index in [1.807, 2.05) is 25.1 Å². The Morgan fingerprint density at radius 2 is 2.00 bits per heavy atom. The van der Waals surface area contributed by atoms with E-state index in [1.165, 1.54) is 0 Å². The second kappa shape index (κ2) is 5.59. The van der Waals surface area contributed by atoms with Gasteiger partial charge in [-0.1, -0.05) is 6.07 Å². The van der Waals surface area contributed by atoms with Crippen molar-refractivity contribution in [2.75, 3.05) is 13.1 Å². The normalized spacial score (nSPS) is 25.1. The molecule has 0 aromatic heterocycles. The van der Waals surface area contributed by atoms with Gasteiger partial charge in [-0.05, 0) is 71.9 Å². The lowest BCUT2D eigenvalue weighted by Crippen LogP contribution is -2.30. The molecule has 2 atom stereocenters. The molecule has 4 nitrogen and oxygen atoms in total. The lowest BCUT2D eigenvalue weighted by molar-refractivity contribution is -0.142. The van der Waals surface area contributed by atoms with Gasteiger partial charge in [-0.25, -0.2) is 0 Å². The fraction of sp³-hybridized carbons (Fsp3) is 0.500. The van der Waals surface area contributed by atoms with Crippen LogP contribution in [-0.2, 0) is 4.79 Å². The maximum atomic E-state index is 12.7. The number of hydrogen-bond acceptors (Lipinski definition) is 2. The Bertz CT molecular complexity index is 597. The first kappa shape index (κ1) is 14.8. The molecule has 5 heteroatoms. The smallest absolute Gasteiger partial charge is 0.308 e. The third kappa shape index (κ3) is 2.80. The van der Waals surface area contributed by atoms with E-state index in [4.69, 9.17) is 0 Å². The van der Waals surface area contributed by atoms with Gasteiger partial charge in [0.25, 0.3) is 5.91 Å². The minimum atomic E-state index is -0.762. The van der Waals surface area contributed by atoms with Crippen LogP contribution in [0.25, 0.3) is 0 Å². The fourth-order valence-electron chi connectivity index (χ4n) is 3.27. The van der Waals surface area contributed by atoms with Crippen molar-refractivity contribution in [2.45, 2.75) is 19.8 Å². The summed E-state index contributed by atoms with van der Waals surface area (Å²) >= 11 is 2.22. The molecular formula is C16H18INO3. The number of amides is 1. The van der Waals surface area contributed by atoms with Crippen LogP contribution < -0.4 is 0 Å². The molecule has 2 aliphatic rings. The maximum Gasteiger partial charge on any atom is 0.308 e. The number of carboxylic acids is 1. The topological polar surface area (TPSA) is 57.6 Å². The van der Waals surface area contributed by atoms with E-state index in [0.29, 0.717) is 24.6 Å². The van der Waals surface area contributed by atoms with Crippen LogP contribution in [0.2, 0.25) is 0 Å². The van der Waals surface area contributed by atoms with Gasteiger partial charge in [-0.2, -0.15) is 0 Å². The first-order valence-corrected chi connectivity index (χ1v) is 8.34. The predicted molar refractivity (Wildman–Crippen MR) is 87.1 cm³/mol. The second-order valence-corrected chi connectivity index (χ2v) is 7.23. The molecule has 2 fully saturated rings. The van der Waals surface area contributed by atoms with Gasteiger partial charge in [-0.15, -0.1) is 0 Å². The van der Waals surface area contributed by atoms with Crippen LogP contribution in [0.15, 0.2) is 18.2 Å². The molecule has 0 bridgehead atoms. The van der Waals surface area contributed by atoms with Crippen molar-refractivity contribution in [3.8, 4) is 0 Å². The summed E-state index contributed by atoms with van der Waals surface area (Å²) in [7, 11) is 0. The highest BCUT2D eigenvalue weighted by Crippen LogP contribution is 2.44. The summed E-state index contributed by atoms with van der Waals surface area (Å²) in [5.41, 5.74) is 1.67. The molecule has 0 spiro atoms. The Morgan fingerprint density at radius 1 is 1.29 bits per heavy atom. The van der Waals surface area contributed by atoms with Gasteiger partial charge >= 0.3 is 5.97 Å².